The lowest BCUT2D eigenvalue weighted by Crippen LogP contribution is -1.87. The van der Waals surface area contributed by atoms with Crippen molar-refractivity contribution < 1.29 is 9.15 Å². The first-order chi connectivity index (χ1) is 8.35. The molecule has 0 saturated carbocycles. The molecule has 0 unspecified atom stereocenters. The summed E-state index contributed by atoms with van der Waals surface area (Å²) in [6.07, 6.45) is 1.49. The standard InChI is InChI=1S/C11H10N4O2/c1-2-16-10-7-13-11(17-10)8-5-3-4-6-9(8)14-15-12/h3-7H,2H2,1H3. The lowest BCUT2D eigenvalue weighted by Gasteiger charge is -1.99. The molecule has 0 atom stereocenters. The summed E-state index contributed by atoms with van der Waals surface area (Å²) in [6, 6.07) is 7.06. The van der Waals surface area contributed by atoms with Gasteiger partial charge in [0.05, 0.1) is 12.3 Å². The highest BCUT2D eigenvalue weighted by Gasteiger charge is 2.10. The number of benzene rings is 1. The highest BCUT2D eigenvalue weighted by atomic mass is 16.6. The van der Waals surface area contributed by atoms with Crippen molar-refractivity contribution in [3.63, 3.8) is 0 Å². The van der Waals surface area contributed by atoms with Crippen LogP contribution in [0.2, 0.25) is 0 Å². The maximum Gasteiger partial charge on any atom is 0.305 e. The number of ether oxygens (including phenoxy) is 1. The first kappa shape index (κ1) is 11.0. The molecule has 17 heavy (non-hydrogen) atoms. The number of hydrogen-bond acceptors (Lipinski definition) is 4. The smallest absolute Gasteiger partial charge is 0.305 e. The lowest BCUT2D eigenvalue weighted by molar-refractivity contribution is 0.260. The Morgan fingerprint density at radius 1 is 1.47 bits per heavy atom. The van der Waals surface area contributed by atoms with Crippen molar-refractivity contribution in [1.82, 2.24) is 4.98 Å². The minimum Gasteiger partial charge on any atom is -0.464 e. The van der Waals surface area contributed by atoms with Gasteiger partial charge in [0.2, 0.25) is 5.89 Å². The van der Waals surface area contributed by atoms with Crippen molar-refractivity contribution in [3.8, 4) is 17.4 Å². The van der Waals surface area contributed by atoms with Crippen LogP contribution in [-0.4, -0.2) is 11.6 Å². The van der Waals surface area contributed by atoms with Crippen molar-refractivity contribution in [2.24, 2.45) is 5.11 Å². The predicted molar refractivity (Wildman–Crippen MR) is 61.9 cm³/mol. The molecule has 86 valence electrons. The van der Waals surface area contributed by atoms with Crippen LogP contribution < -0.4 is 4.74 Å². The zero-order valence-corrected chi connectivity index (χ0v) is 9.20. The third-order valence-corrected chi connectivity index (χ3v) is 2.06. The summed E-state index contributed by atoms with van der Waals surface area (Å²) in [6.45, 7) is 2.36. The van der Waals surface area contributed by atoms with E-state index in [-0.39, 0.29) is 0 Å². The third kappa shape index (κ3) is 2.38. The SMILES string of the molecule is CCOc1cnc(-c2ccccc2N=[N+]=[N-])o1. The molecule has 6 nitrogen and oxygen atoms in total. The highest BCUT2D eigenvalue weighted by molar-refractivity contribution is 5.69. The van der Waals surface area contributed by atoms with Gasteiger partial charge in [0, 0.05) is 10.5 Å². The van der Waals surface area contributed by atoms with Gasteiger partial charge in [0.1, 0.15) is 6.20 Å². The van der Waals surface area contributed by atoms with Crippen LogP contribution in [0.25, 0.3) is 21.9 Å². The van der Waals surface area contributed by atoms with Crippen molar-refractivity contribution in [2.75, 3.05) is 6.61 Å². The Balaban J connectivity index is 2.41. The Labute approximate surface area is 97.5 Å². The highest BCUT2D eigenvalue weighted by Crippen LogP contribution is 2.31. The fourth-order valence-electron chi connectivity index (χ4n) is 1.38. The summed E-state index contributed by atoms with van der Waals surface area (Å²) in [5.41, 5.74) is 9.57. The van der Waals surface area contributed by atoms with Gasteiger partial charge >= 0.3 is 5.95 Å². The van der Waals surface area contributed by atoms with Gasteiger partial charge in [-0.2, -0.15) is 0 Å². The average molecular weight is 230 g/mol. The first-order valence-corrected chi connectivity index (χ1v) is 5.08. The van der Waals surface area contributed by atoms with E-state index in [1.54, 1.807) is 18.2 Å². The Bertz CT molecular complexity index is 558. The molecule has 0 aliphatic carbocycles. The van der Waals surface area contributed by atoms with Crippen LogP contribution in [0.1, 0.15) is 6.92 Å². The Morgan fingerprint density at radius 3 is 3.06 bits per heavy atom. The molecule has 0 N–H and O–H groups in total. The summed E-state index contributed by atoms with van der Waals surface area (Å²) in [5, 5.41) is 3.58. The molecule has 1 aromatic carbocycles. The first-order valence-electron chi connectivity index (χ1n) is 5.08. The Kier molecular flexibility index (Phi) is 3.28. The summed E-state index contributed by atoms with van der Waals surface area (Å²) in [4.78, 5) is 6.83. The van der Waals surface area contributed by atoms with E-state index in [4.69, 9.17) is 14.7 Å². The van der Waals surface area contributed by atoms with Crippen molar-refractivity contribution >= 4 is 5.69 Å². The fourth-order valence-corrected chi connectivity index (χ4v) is 1.38. The molecule has 1 heterocycles. The second kappa shape index (κ2) is 5.05. The normalized spacial score (nSPS) is 9.71. The van der Waals surface area contributed by atoms with Crippen LogP contribution in [0.3, 0.4) is 0 Å². The molecule has 2 aromatic rings. The van der Waals surface area contributed by atoms with Gasteiger partial charge < -0.3 is 9.15 Å². The van der Waals surface area contributed by atoms with E-state index in [1.807, 2.05) is 13.0 Å². The predicted octanol–water partition coefficient (Wildman–Crippen LogP) is 3.68. The number of rotatable bonds is 4. The van der Waals surface area contributed by atoms with E-state index in [9.17, 15) is 0 Å². The maximum atomic E-state index is 8.46. The summed E-state index contributed by atoms with van der Waals surface area (Å²) in [5.74, 6) is 0.717. The Morgan fingerprint density at radius 2 is 2.29 bits per heavy atom. The number of oxazole rings is 1. The summed E-state index contributed by atoms with van der Waals surface area (Å²) >= 11 is 0. The summed E-state index contributed by atoms with van der Waals surface area (Å²) in [7, 11) is 0. The van der Waals surface area contributed by atoms with E-state index in [0.717, 1.165) is 0 Å². The number of nitrogens with zero attached hydrogens (tertiary/aromatic N) is 4. The molecular weight excluding hydrogens is 220 g/mol. The quantitative estimate of drug-likeness (QED) is 0.456. The zero-order valence-electron chi connectivity index (χ0n) is 9.20. The average Bonchev–Trinajstić information content (AvgIpc) is 2.79. The molecular formula is C11H10N4O2. The Hall–Kier alpha value is -2.46. The number of hydrogen-bond donors (Lipinski definition) is 0. The van der Waals surface area contributed by atoms with E-state index in [0.29, 0.717) is 29.7 Å². The van der Waals surface area contributed by atoms with Crippen LogP contribution in [-0.2, 0) is 0 Å². The van der Waals surface area contributed by atoms with Crippen LogP contribution in [0.15, 0.2) is 40.0 Å². The maximum absolute atomic E-state index is 8.46. The molecule has 0 saturated heterocycles. The molecule has 0 amide bonds. The molecule has 0 spiro atoms. The van der Waals surface area contributed by atoms with Crippen molar-refractivity contribution in [1.29, 1.82) is 0 Å². The fraction of sp³-hybridized carbons (Fsp3) is 0.182. The number of aromatic nitrogens is 1. The van der Waals surface area contributed by atoms with E-state index < -0.39 is 0 Å². The van der Waals surface area contributed by atoms with Crippen LogP contribution in [0.5, 0.6) is 5.95 Å². The largest absolute Gasteiger partial charge is 0.464 e. The molecule has 0 radical (unpaired) electrons. The number of azide groups is 1. The summed E-state index contributed by atoms with van der Waals surface area (Å²) < 4.78 is 10.6. The second-order valence-electron chi connectivity index (χ2n) is 3.12. The topological polar surface area (TPSA) is 84.0 Å². The van der Waals surface area contributed by atoms with Gasteiger partial charge in [-0.05, 0) is 18.5 Å². The van der Waals surface area contributed by atoms with Crippen LogP contribution in [0.4, 0.5) is 5.69 Å². The molecule has 0 fully saturated rings. The van der Waals surface area contributed by atoms with Crippen LogP contribution in [0, 0.1) is 0 Å². The molecule has 2 rings (SSSR count). The molecule has 1 aromatic heterocycles. The monoisotopic (exact) mass is 230 g/mol. The van der Waals surface area contributed by atoms with E-state index in [1.165, 1.54) is 6.20 Å². The lowest BCUT2D eigenvalue weighted by atomic mass is 10.2. The minimum absolute atomic E-state index is 0.346. The van der Waals surface area contributed by atoms with Gasteiger partial charge in [-0.15, -0.1) is 0 Å². The van der Waals surface area contributed by atoms with Gasteiger partial charge in [-0.1, -0.05) is 23.3 Å². The van der Waals surface area contributed by atoms with Gasteiger partial charge in [-0.3, -0.25) is 0 Å². The van der Waals surface area contributed by atoms with Gasteiger partial charge in [0.15, 0.2) is 0 Å². The van der Waals surface area contributed by atoms with Crippen LogP contribution >= 0.6 is 0 Å². The van der Waals surface area contributed by atoms with Gasteiger partial charge in [0.25, 0.3) is 0 Å². The minimum atomic E-state index is 0.346. The second-order valence-corrected chi connectivity index (χ2v) is 3.12. The third-order valence-electron chi connectivity index (χ3n) is 2.06. The molecule has 6 heteroatoms. The molecule has 0 aliphatic heterocycles. The van der Waals surface area contributed by atoms with Gasteiger partial charge in [-0.25, -0.2) is 4.98 Å². The molecule has 0 aliphatic rings. The van der Waals surface area contributed by atoms with Crippen molar-refractivity contribution in [2.45, 2.75) is 6.92 Å². The molecule has 0 bridgehead atoms. The zero-order chi connectivity index (χ0) is 12.1. The van der Waals surface area contributed by atoms with E-state index >= 15 is 0 Å². The van der Waals surface area contributed by atoms with Crippen molar-refractivity contribution in [3.05, 3.63) is 40.9 Å². The van der Waals surface area contributed by atoms with E-state index in [2.05, 4.69) is 15.0 Å².